The number of nitrogens with one attached hydrogen (secondary N) is 3. The maximum Gasteiger partial charge on any atom is 0.315 e. The molecule has 1 heterocycles. The lowest BCUT2D eigenvalue weighted by Crippen LogP contribution is -2.49. The molecule has 3 aromatic rings. The van der Waals surface area contributed by atoms with Crippen molar-refractivity contribution in [3.8, 4) is 16.3 Å². The van der Waals surface area contributed by atoms with Crippen LogP contribution in [0.25, 0.3) is 10.6 Å². The van der Waals surface area contributed by atoms with Gasteiger partial charge in [0.2, 0.25) is 11.0 Å². The minimum Gasteiger partial charge on any atom is -0.497 e. The molecule has 8 nitrogen and oxygen atoms in total. The van der Waals surface area contributed by atoms with Crippen molar-refractivity contribution in [3.63, 3.8) is 0 Å². The van der Waals surface area contributed by atoms with Gasteiger partial charge in [0.25, 0.3) is 0 Å². The summed E-state index contributed by atoms with van der Waals surface area (Å²) >= 11 is 1.25. The average molecular weight is 426 g/mol. The molecule has 0 saturated heterocycles. The zero-order valence-electron chi connectivity index (χ0n) is 16.7. The number of carbonyl (C=O) groups excluding carboxylic acids is 2. The molecule has 1 aromatic heterocycles. The summed E-state index contributed by atoms with van der Waals surface area (Å²) in [6.45, 7) is 2.28. The van der Waals surface area contributed by atoms with E-state index in [1.54, 1.807) is 7.11 Å². The minimum atomic E-state index is -0.761. The van der Waals surface area contributed by atoms with Crippen LogP contribution in [0, 0.1) is 0 Å². The number of amides is 3. The van der Waals surface area contributed by atoms with Gasteiger partial charge in [-0.2, -0.15) is 0 Å². The number of rotatable bonds is 8. The molecule has 0 saturated carbocycles. The van der Waals surface area contributed by atoms with E-state index in [4.69, 9.17) is 4.74 Å². The second-order valence-electron chi connectivity index (χ2n) is 6.38. The highest BCUT2D eigenvalue weighted by Crippen LogP contribution is 2.28. The van der Waals surface area contributed by atoms with Crippen molar-refractivity contribution < 1.29 is 14.3 Å². The highest BCUT2D eigenvalue weighted by atomic mass is 32.1. The molecule has 156 valence electrons. The normalized spacial score (nSPS) is 11.4. The Bertz CT molecular complexity index is 993. The zero-order chi connectivity index (χ0) is 21.3. The van der Waals surface area contributed by atoms with Crippen LogP contribution < -0.4 is 20.7 Å². The van der Waals surface area contributed by atoms with E-state index in [-0.39, 0.29) is 5.91 Å². The standard InChI is InChI=1S/C21H23N5O3S/c1-3-22-20(28)23-17(12-14-8-5-4-6-9-14)18(27)24-21-26-25-19(30-21)15-10-7-11-16(13-15)29-2/h4-11,13,17H,3,12H2,1-2H3,(H2,22,23,28)(H,24,26,27). The van der Waals surface area contributed by atoms with Gasteiger partial charge in [-0.3, -0.25) is 10.1 Å². The SMILES string of the molecule is CCNC(=O)NC(Cc1ccccc1)C(=O)Nc1nnc(-c2cccc(OC)c2)s1. The highest BCUT2D eigenvalue weighted by Gasteiger charge is 2.22. The van der Waals surface area contributed by atoms with Crippen molar-refractivity contribution in [2.24, 2.45) is 0 Å². The van der Waals surface area contributed by atoms with Crippen LogP contribution >= 0.6 is 11.3 Å². The molecular formula is C21H23N5O3S. The van der Waals surface area contributed by atoms with Crippen LogP contribution in [-0.4, -0.2) is 41.8 Å². The summed E-state index contributed by atoms with van der Waals surface area (Å²) in [4.78, 5) is 24.9. The maximum absolute atomic E-state index is 12.9. The van der Waals surface area contributed by atoms with Crippen LogP contribution in [0.4, 0.5) is 9.93 Å². The number of carbonyl (C=O) groups is 2. The van der Waals surface area contributed by atoms with Gasteiger partial charge in [-0.1, -0.05) is 53.8 Å². The monoisotopic (exact) mass is 425 g/mol. The molecule has 9 heteroatoms. The number of ether oxygens (including phenoxy) is 1. The molecule has 0 aliphatic heterocycles. The van der Waals surface area contributed by atoms with Crippen LogP contribution in [0.3, 0.4) is 0 Å². The number of methoxy groups -OCH3 is 1. The predicted molar refractivity (Wildman–Crippen MR) is 117 cm³/mol. The molecule has 0 aliphatic rings. The molecule has 1 atom stereocenters. The first-order chi connectivity index (χ1) is 14.6. The summed E-state index contributed by atoms with van der Waals surface area (Å²) in [5, 5.41) is 17.3. The first kappa shape index (κ1) is 21.3. The third-order valence-electron chi connectivity index (χ3n) is 4.21. The quantitative estimate of drug-likeness (QED) is 0.514. The van der Waals surface area contributed by atoms with E-state index >= 15 is 0 Å². The lowest BCUT2D eigenvalue weighted by molar-refractivity contribution is -0.117. The van der Waals surface area contributed by atoms with Gasteiger partial charge in [0.1, 0.15) is 16.8 Å². The van der Waals surface area contributed by atoms with Gasteiger partial charge in [0, 0.05) is 18.5 Å². The molecule has 0 aliphatic carbocycles. The van der Waals surface area contributed by atoms with Gasteiger partial charge < -0.3 is 15.4 Å². The summed E-state index contributed by atoms with van der Waals surface area (Å²) in [6.07, 6.45) is 0.353. The van der Waals surface area contributed by atoms with Gasteiger partial charge >= 0.3 is 6.03 Å². The fraction of sp³-hybridized carbons (Fsp3) is 0.238. The second kappa shape index (κ2) is 10.4. The van der Waals surface area contributed by atoms with E-state index in [0.717, 1.165) is 11.1 Å². The first-order valence-corrected chi connectivity index (χ1v) is 10.3. The van der Waals surface area contributed by atoms with Crippen LogP contribution in [-0.2, 0) is 11.2 Å². The minimum absolute atomic E-state index is 0.353. The largest absolute Gasteiger partial charge is 0.497 e. The summed E-state index contributed by atoms with van der Waals surface area (Å²) in [6, 6.07) is 15.8. The van der Waals surface area contributed by atoms with Crippen molar-refractivity contribution in [3.05, 3.63) is 60.2 Å². The Morgan fingerprint density at radius 1 is 1.10 bits per heavy atom. The predicted octanol–water partition coefficient (Wildman–Crippen LogP) is 3.08. The maximum atomic E-state index is 12.9. The van der Waals surface area contributed by atoms with Crippen molar-refractivity contribution in [2.45, 2.75) is 19.4 Å². The molecular weight excluding hydrogens is 402 g/mol. The van der Waals surface area contributed by atoms with Crippen LogP contribution in [0.5, 0.6) is 5.75 Å². The Labute approximate surface area is 178 Å². The van der Waals surface area contributed by atoms with Crippen molar-refractivity contribution in [1.29, 1.82) is 0 Å². The molecule has 3 amide bonds. The fourth-order valence-electron chi connectivity index (χ4n) is 2.77. The van der Waals surface area contributed by atoms with Crippen molar-refractivity contribution in [1.82, 2.24) is 20.8 Å². The van der Waals surface area contributed by atoms with Gasteiger partial charge in [-0.15, -0.1) is 10.2 Å². The van der Waals surface area contributed by atoms with Crippen molar-refractivity contribution >= 4 is 28.4 Å². The lowest BCUT2D eigenvalue weighted by Gasteiger charge is -2.18. The zero-order valence-corrected chi connectivity index (χ0v) is 17.5. The molecule has 2 aromatic carbocycles. The van der Waals surface area contributed by atoms with E-state index in [1.165, 1.54) is 11.3 Å². The second-order valence-corrected chi connectivity index (χ2v) is 7.36. The average Bonchev–Trinajstić information content (AvgIpc) is 3.23. The smallest absolute Gasteiger partial charge is 0.315 e. The fourth-order valence-corrected chi connectivity index (χ4v) is 3.51. The number of nitrogens with zero attached hydrogens (tertiary/aromatic N) is 2. The van der Waals surface area contributed by atoms with E-state index in [9.17, 15) is 9.59 Å². The third-order valence-corrected chi connectivity index (χ3v) is 5.10. The molecule has 0 bridgehead atoms. The molecule has 0 spiro atoms. The van der Waals surface area contributed by atoms with Crippen LogP contribution in [0.2, 0.25) is 0 Å². The Morgan fingerprint density at radius 2 is 1.90 bits per heavy atom. The first-order valence-electron chi connectivity index (χ1n) is 9.46. The van der Waals surface area contributed by atoms with E-state index < -0.39 is 12.1 Å². The summed E-state index contributed by atoms with van der Waals surface area (Å²) < 4.78 is 5.23. The Balaban J connectivity index is 1.73. The molecule has 0 radical (unpaired) electrons. The third kappa shape index (κ3) is 5.77. The van der Waals surface area contributed by atoms with Gasteiger partial charge in [0.05, 0.1) is 7.11 Å². The van der Waals surface area contributed by atoms with Gasteiger partial charge in [0.15, 0.2) is 0 Å². The number of anilines is 1. The number of urea groups is 1. The lowest BCUT2D eigenvalue weighted by atomic mass is 10.1. The van der Waals surface area contributed by atoms with Gasteiger partial charge in [-0.05, 0) is 24.6 Å². The van der Waals surface area contributed by atoms with E-state index in [0.29, 0.717) is 28.9 Å². The number of benzene rings is 2. The molecule has 3 rings (SSSR count). The van der Waals surface area contributed by atoms with E-state index in [1.807, 2.05) is 61.5 Å². The van der Waals surface area contributed by atoms with Gasteiger partial charge in [-0.25, -0.2) is 4.79 Å². The summed E-state index contributed by atoms with van der Waals surface area (Å²) in [7, 11) is 1.60. The Kier molecular flexibility index (Phi) is 7.34. The van der Waals surface area contributed by atoms with E-state index in [2.05, 4.69) is 26.1 Å². The summed E-state index contributed by atoms with van der Waals surface area (Å²) in [5.41, 5.74) is 1.78. The number of hydrogen-bond acceptors (Lipinski definition) is 6. The number of hydrogen-bond donors (Lipinski definition) is 3. The molecule has 0 fully saturated rings. The molecule has 3 N–H and O–H groups in total. The van der Waals surface area contributed by atoms with Crippen molar-refractivity contribution in [2.75, 3.05) is 19.0 Å². The Morgan fingerprint density at radius 3 is 2.63 bits per heavy atom. The van der Waals surface area contributed by atoms with Crippen LogP contribution in [0.15, 0.2) is 54.6 Å². The molecule has 1 unspecified atom stereocenters. The highest BCUT2D eigenvalue weighted by molar-refractivity contribution is 7.18. The Hall–Kier alpha value is -3.46. The topological polar surface area (TPSA) is 105 Å². The number of aromatic nitrogens is 2. The van der Waals surface area contributed by atoms with Crippen LogP contribution in [0.1, 0.15) is 12.5 Å². The summed E-state index contributed by atoms with van der Waals surface area (Å²) in [5.74, 6) is 0.348. The molecule has 30 heavy (non-hydrogen) atoms.